The number of ether oxygens (including phenoxy) is 1. The molecule has 168 valence electrons. The van der Waals surface area contributed by atoms with Crippen molar-refractivity contribution < 1.29 is 14.1 Å². The minimum atomic E-state index is -0.416. The molecule has 0 atom stereocenters. The van der Waals surface area contributed by atoms with E-state index in [9.17, 15) is 10.1 Å². The third-order valence-electron chi connectivity index (χ3n) is 5.32. The Kier molecular flexibility index (Phi) is 5.57. The van der Waals surface area contributed by atoms with Gasteiger partial charge in [0.25, 0.3) is 5.69 Å². The van der Waals surface area contributed by atoms with E-state index < -0.39 is 4.92 Å². The van der Waals surface area contributed by atoms with Gasteiger partial charge in [-0.2, -0.15) is 0 Å². The first-order chi connectivity index (χ1) is 16.6. The van der Waals surface area contributed by atoms with Crippen LogP contribution >= 0.6 is 0 Å². The van der Waals surface area contributed by atoms with E-state index in [4.69, 9.17) is 14.1 Å². The van der Waals surface area contributed by atoms with Crippen LogP contribution in [0.3, 0.4) is 0 Å². The van der Waals surface area contributed by atoms with Gasteiger partial charge in [-0.1, -0.05) is 18.2 Å². The molecule has 3 aromatic heterocycles. The summed E-state index contributed by atoms with van der Waals surface area (Å²) in [5.41, 5.74) is 3.56. The molecular formula is C25H19N5O4. The van der Waals surface area contributed by atoms with Crippen LogP contribution in [-0.4, -0.2) is 27.0 Å². The fourth-order valence-electron chi connectivity index (χ4n) is 3.55. The maximum Gasteiger partial charge on any atom is 0.269 e. The van der Waals surface area contributed by atoms with Gasteiger partial charge in [0.15, 0.2) is 11.6 Å². The number of nitro benzene ring substituents is 1. The van der Waals surface area contributed by atoms with Crippen molar-refractivity contribution in [1.29, 1.82) is 0 Å². The number of nitrogens with one attached hydrogen (secondary N) is 1. The smallest absolute Gasteiger partial charge is 0.269 e. The molecule has 0 saturated carbocycles. The Morgan fingerprint density at radius 3 is 2.53 bits per heavy atom. The predicted molar refractivity (Wildman–Crippen MR) is 127 cm³/mol. The molecular weight excluding hydrogens is 434 g/mol. The Hall–Kier alpha value is -4.79. The highest BCUT2D eigenvalue weighted by Gasteiger charge is 2.13. The summed E-state index contributed by atoms with van der Waals surface area (Å²) in [6.45, 7) is 0.436. The molecule has 9 heteroatoms. The summed E-state index contributed by atoms with van der Waals surface area (Å²) in [4.78, 5) is 24.2. The van der Waals surface area contributed by atoms with Gasteiger partial charge in [-0.25, -0.2) is 15.0 Å². The van der Waals surface area contributed by atoms with Crippen molar-refractivity contribution in [3.8, 4) is 28.6 Å². The molecule has 1 N–H and O–H groups in total. The van der Waals surface area contributed by atoms with E-state index in [0.717, 1.165) is 27.6 Å². The lowest BCUT2D eigenvalue weighted by Crippen LogP contribution is -2.04. The number of furan rings is 1. The molecule has 0 radical (unpaired) electrons. The SMILES string of the molecule is COc1ccc(-c2ccc3c(NCc4ccc([N+](=O)[O-])cc4)nc(-c4ccco4)nc3c2)cn1. The average molecular weight is 453 g/mol. The Balaban J connectivity index is 1.52. The van der Waals surface area contributed by atoms with Crippen LogP contribution < -0.4 is 10.1 Å². The van der Waals surface area contributed by atoms with Crippen molar-refractivity contribution >= 4 is 22.4 Å². The molecule has 0 spiro atoms. The number of anilines is 1. The summed E-state index contributed by atoms with van der Waals surface area (Å²) in [6, 6.07) is 19.7. The van der Waals surface area contributed by atoms with Crippen LogP contribution in [0.15, 0.2) is 83.6 Å². The van der Waals surface area contributed by atoms with Crippen molar-refractivity contribution in [1.82, 2.24) is 15.0 Å². The predicted octanol–water partition coefficient (Wildman–Crippen LogP) is 5.48. The van der Waals surface area contributed by atoms with Crippen molar-refractivity contribution in [3.63, 3.8) is 0 Å². The molecule has 5 aromatic rings. The maximum absolute atomic E-state index is 10.9. The zero-order valence-electron chi connectivity index (χ0n) is 18.1. The van der Waals surface area contributed by atoms with Crippen molar-refractivity contribution in [2.45, 2.75) is 6.54 Å². The molecule has 9 nitrogen and oxygen atoms in total. The number of rotatable bonds is 7. The Bertz CT molecular complexity index is 1450. The number of nitro groups is 1. The first-order valence-electron chi connectivity index (χ1n) is 10.4. The number of fused-ring (bicyclic) bond motifs is 1. The van der Waals surface area contributed by atoms with Crippen LogP contribution in [0.25, 0.3) is 33.6 Å². The van der Waals surface area contributed by atoms with E-state index in [2.05, 4.69) is 15.3 Å². The van der Waals surface area contributed by atoms with Gasteiger partial charge < -0.3 is 14.5 Å². The van der Waals surface area contributed by atoms with E-state index in [1.807, 2.05) is 30.3 Å². The zero-order chi connectivity index (χ0) is 23.5. The monoisotopic (exact) mass is 453 g/mol. The lowest BCUT2D eigenvalue weighted by atomic mass is 10.1. The molecule has 0 unspecified atom stereocenters. The molecule has 0 aliphatic carbocycles. The van der Waals surface area contributed by atoms with Gasteiger partial charge in [0.05, 0.1) is 23.8 Å². The number of benzene rings is 2. The first kappa shape index (κ1) is 21.1. The minimum absolute atomic E-state index is 0.0527. The molecule has 0 bridgehead atoms. The van der Waals surface area contributed by atoms with E-state index in [0.29, 0.717) is 29.8 Å². The van der Waals surface area contributed by atoms with Gasteiger partial charge in [-0.15, -0.1) is 0 Å². The fourth-order valence-corrected chi connectivity index (χ4v) is 3.55. The molecule has 0 amide bonds. The zero-order valence-corrected chi connectivity index (χ0v) is 18.1. The molecule has 0 saturated heterocycles. The van der Waals surface area contributed by atoms with Crippen LogP contribution in [0.1, 0.15) is 5.56 Å². The van der Waals surface area contributed by atoms with E-state index >= 15 is 0 Å². The lowest BCUT2D eigenvalue weighted by Gasteiger charge is -2.12. The van der Waals surface area contributed by atoms with Gasteiger partial charge in [-0.3, -0.25) is 10.1 Å². The Labute approximate surface area is 194 Å². The van der Waals surface area contributed by atoms with Gasteiger partial charge >= 0.3 is 0 Å². The summed E-state index contributed by atoms with van der Waals surface area (Å²) in [6.07, 6.45) is 3.33. The minimum Gasteiger partial charge on any atom is -0.481 e. The van der Waals surface area contributed by atoms with Crippen molar-refractivity contribution in [2.75, 3.05) is 12.4 Å². The number of methoxy groups -OCH3 is 1. The number of hydrogen-bond acceptors (Lipinski definition) is 8. The van der Waals surface area contributed by atoms with E-state index in [1.54, 1.807) is 43.8 Å². The van der Waals surface area contributed by atoms with Crippen LogP contribution in [0.5, 0.6) is 5.88 Å². The second-order valence-electron chi connectivity index (χ2n) is 7.47. The molecule has 0 fully saturated rings. The van der Waals surface area contributed by atoms with Gasteiger partial charge in [0, 0.05) is 41.9 Å². The first-order valence-corrected chi connectivity index (χ1v) is 10.4. The summed E-state index contributed by atoms with van der Waals surface area (Å²) in [7, 11) is 1.58. The van der Waals surface area contributed by atoms with Gasteiger partial charge in [0.2, 0.25) is 5.88 Å². The summed E-state index contributed by atoms with van der Waals surface area (Å²) in [5, 5.41) is 15.1. The van der Waals surface area contributed by atoms with E-state index in [-0.39, 0.29) is 5.69 Å². The summed E-state index contributed by atoms with van der Waals surface area (Å²) in [5.74, 6) is 2.18. The maximum atomic E-state index is 10.9. The fraction of sp³-hybridized carbons (Fsp3) is 0.0800. The highest BCUT2D eigenvalue weighted by molar-refractivity contribution is 5.93. The average Bonchev–Trinajstić information content (AvgIpc) is 3.42. The third kappa shape index (κ3) is 4.26. The highest BCUT2D eigenvalue weighted by atomic mass is 16.6. The second-order valence-corrected chi connectivity index (χ2v) is 7.47. The number of non-ortho nitro benzene ring substituents is 1. The van der Waals surface area contributed by atoms with Crippen molar-refractivity contribution in [2.24, 2.45) is 0 Å². The molecule has 3 heterocycles. The lowest BCUT2D eigenvalue weighted by molar-refractivity contribution is -0.384. The summed E-state index contributed by atoms with van der Waals surface area (Å²) < 4.78 is 10.7. The number of pyridine rings is 1. The van der Waals surface area contributed by atoms with Gasteiger partial charge in [0.1, 0.15) is 5.82 Å². The quantitative estimate of drug-likeness (QED) is 0.254. The second kappa shape index (κ2) is 8.99. The molecule has 34 heavy (non-hydrogen) atoms. The molecule has 0 aliphatic rings. The van der Waals surface area contributed by atoms with Gasteiger partial charge in [-0.05, 0) is 41.5 Å². The summed E-state index contributed by atoms with van der Waals surface area (Å²) >= 11 is 0. The Morgan fingerprint density at radius 1 is 1.03 bits per heavy atom. The Morgan fingerprint density at radius 2 is 1.85 bits per heavy atom. The van der Waals surface area contributed by atoms with Crippen LogP contribution in [0.2, 0.25) is 0 Å². The van der Waals surface area contributed by atoms with Crippen LogP contribution in [-0.2, 0) is 6.54 Å². The molecule has 0 aliphatic heterocycles. The van der Waals surface area contributed by atoms with Crippen molar-refractivity contribution in [3.05, 3.63) is 94.9 Å². The number of nitrogens with zero attached hydrogens (tertiary/aromatic N) is 4. The van der Waals surface area contributed by atoms with Crippen LogP contribution in [0, 0.1) is 10.1 Å². The molecule has 5 rings (SSSR count). The van der Waals surface area contributed by atoms with Crippen LogP contribution in [0.4, 0.5) is 11.5 Å². The topological polar surface area (TPSA) is 116 Å². The standard InChI is InChI=1S/C25H19N5O4/c1-33-23-11-7-18(15-26-23)17-6-10-20-21(13-17)28-25(22-3-2-12-34-22)29-24(20)27-14-16-4-8-19(9-5-16)30(31)32/h2-13,15H,14H2,1H3,(H,27,28,29). The normalized spacial score (nSPS) is 10.9. The number of aromatic nitrogens is 3. The third-order valence-corrected chi connectivity index (χ3v) is 5.32. The largest absolute Gasteiger partial charge is 0.481 e. The molecule has 2 aromatic carbocycles. The number of hydrogen-bond donors (Lipinski definition) is 1. The highest BCUT2D eigenvalue weighted by Crippen LogP contribution is 2.30. The van der Waals surface area contributed by atoms with E-state index in [1.165, 1.54) is 12.1 Å².